The molecular formula is C23H19N3O2. The first-order valence-electron chi connectivity index (χ1n) is 9.06. The third kappa shape index (κ3) is 2.35. The van der Waals surface area contributed by atoms with Gasteiger partial charge in [0.2, 0.25) is 11.6 Å². The van der Waals surface area contributed by atoms with Gasteiger partial charge in [-0.05, 0) is 23.3 Å². The fourth-order valence-corrected chi connectivity index (χ4v) is 4.24. The Morgan fingerprint density at radius 1 is 1.11 bits per heavy atom. The molecule has 0 N–H and O–H groups in total. The fraction of sp³-hybridized carbons (Fsp3) is 0.217. The zero-order valence-electron chi connectivity index (χ0n) is 15.7. The van der Waals surface area contributed by atoms with Crippen LogP contribution < -0.4 is 4.90 Å². The first kappa shape index (κ1) is 17.9. The zero-order valence-corrected chi connectivity index (χ0v) is 15.7. The van der Waals surface area contributed by atoms with Gasteiger partial charge in [0.25, 0.3) is 0 Å². The number of benzene rings is 1. The average Bonchev–Trinajstić information content (AvgIpc) is 2.73. The van der Waals surface area contributed by atoms with Gasteiger partial charge >= 0.3 is 0 Å². The Morgan fingerprint density at radius 2 is 1.86 bits per heavy atom. The van der Waals surface area contributed by atoms with Crippen molar-refractivity contribution in [2.24, 2.45) is 5.41 Å². The summed E-state index contributed by atoms with van der Waals surface area (Å²) in [6.45, 7) is 11.5. The number of anilines is 1. The Labute approximate surface area is 163 Å². The monoisotopic (exact) mass is 369 g/mol. The van der Waals surface area contributed by atoms with Gasteiger partial charge < -0.3 is 9.69 Å². The van der Waals surface area contributed by atoms with Crippen LogP contribution >= 0.6 is 0 Å². The maximum atomic E-state index is 13.9. The van der Waals surface area contributed by atoms with Crippen molar-refractivity contribution in [3.8, 4) is 0 Å². The molecule has 0 radical (unpaired) electrons. The summed E-state index contributed by atoms with van der Waals surface area (Å²) in [5, 5.41) is 0. The SMILES string of the molecule is [C-]#[N+]C1=C[C@@]2(c3ccccc3)C(=O)N(c3cccnc3)CC=C2C(C)(C)C1=O. The van der Waals surface area contributed by atoms with Gasteiger partial charge in [0.1, 0.15) is 5.41 Å². The van der Waals surface area contributed by atoms with Gasteiger partial charge in [-0.25, -0.2) is 4.85 Å². The molecule has 0 saturated carbocycles. The van der Waals surface area contributed by atoms with Gasteiger partial charge in [0.05, 0.1) is 18.5 Å². The van der Waals surface area contributed by atoms with Crippen molar-refractivity contribution in [3.63, 3.8) is 0 Å². The summed E-state index contributed by atoms with van der Waals surface area (Å²) in [4.78, 5) is 36.1. The second kappa shape index (κ2) is 6.28. The van der Waals surface area contributed by atoms with Crippen LogP contribution in [-0.4, -0.2) is 23.2 Å². The molecule has 2 aromatic rings. The summed E-state index contributed by atoms with van der Waals surface area (Å²) in [7, 11) is 0. The van der Waals surface area contributed by atoms with Crippen LogP contribution in [-0.2, 0) is 15.0 Å². The van der Waals surface area contributed by atoms with Gasteiger partial charge in [-0.2, -0.15) is 0 Å². The Kier molecular flexibility index (Phi) is 4.01. The van der Waals surface area contributed by atoms with E-state index in [1.807, 2.05) is 42.5 Å². The molecule has 0 saturated heterocycles. The van der Waals surface area contributed by atoms with E-state index in [0.717, 1.165) is 11.1 Å². The summed E-state index contributed by atoms with van der Waals surface area (Å²) in [5.74, 6) is -0.422. The van der Waals surface area contributed by atoms with Gasteiger partial charge in [-0.15, -0.1) is 0 Å². The Bertz CT molecular complexity index is 1060. The van der Waals surface area contributed by atoms with Crippen molar-refractivity contribution in [2.75, 3.05) is 11.4 Å². The number of Topliss-reactive ketones (excluding diaryl/α,β-unsaturated/α-hetero) is 1. The van der Waals surface area contributed by atoms with E-state index in [1.165, 1.54) is 0 Å². The van der Waals surface area contributed by atoms with Gasteiger partial charge in [-0.1, -0.05) is 56.3 Å². The highest BCUT2D eigenvalue weighted by atomic mass is 16.2. The molecule has 0 bridgehead atoms. The number of allylic oxidation sites excluding steroid dienone is 1. The molecule has 2 heterocycles. The lowest BCUT2D eigenvalue weighted by Gasteiger charge is -2.48. The second-order valence-electron chi connectivity index (χ2n) is 7.51. The first-order valence-corrected chi connectivity index (χ1v) is 9.06. The molecule has 0 unspecified atom stereocenters. The smallest absolute Gasteiger partial charge is 0.244 e. The maximum Gasteiger partial charge on any atom is 0.244 e. The lowest BCUT2D eigenvalue weighted by Crippen LogP contribution is -2.56. The van der Waals surface area contributed by atoms with E-state index >= 15 is 0 Å². The quantitative estimate of drug-likeness (QED) is 0.599. The van der Waals surface area contributed by atoms with Gasteiger partial charge in [-0.3, -0.25) is 9.78 Å². The Balaban J connectivity index is 2.03. The van der Waals surface area contributed by atoms with Crippen LogP contribution in [0.15, 0.2) is 78.3 Å². The summed E-state index contributed by atoms with van der Waals surface area (Å²) in [6.07, 6.45) is 6.82. The number of amides is 1. The molecule has 5 heteroatoms. The molecule has 1 aromatic heterocycles. The van der Waals surface area contributed by atoms with Crippen LogP contribution in [0, 0.1) is 12.0 Å². The molecular weight excluding hydrogens is 350 g/mol. The molecule has 28 heavy (non-hydrogen) atoms. The predicted molar refractivity (Wildman–Crippen MR) is 106 cm³/mol. The predicted octanol–water partition coefficient (Wildman–Crippen LogP) is 3.70. The highest BCUT2D eigenvalue weighted by molar-refractivity contribution is 6.14. The molecule has 5 nitrogen and oxygen atoms in total. The molecule has 1 aliphatic carbocycles. The molecule has 0 fully saturated rings. The largest absolute Gasteiger partial charge is 0.307 e. The van der Waals surface area contributed by atoms with Crippen LogP contribution in [0.1, 0.15) is 19.4 Å². The van der Waals surface area contributed by atoms with E-state index in [1.54, 1.807) is 43.3 Å². The number of hydrogen-bond donors (Lipinski definition) is 0. The average molecular weight is 369 g/mol. The topological polar surface area (TPSA) is 54.6 Å². The molecule has 0 spiro atoms. The van der Waals surface area contributed by atoms with Gasteiger partial charge in [0, 0.05) is 18.2 Å². The lowest BCUT2D eigenvalue weighted by molar-refractivity contribution is -0.125. The maximum absolute atomic E-state index is 13.9. The Morgan fingerprint density at radius 3 is 2.50 bits per heavy atom. The van der Waals surface area contributed by atoms with E-state index < -0.39 is 10.8 Å². The number of ketones is 1. The molecule has 1 aliphatic heterocycles. The zero-order chi connectivity index (χ0) is 19.9. The van der Waals surface area contributed by atoms with Crippen molar-refractivity contribution >= 4 is 17.4 Å². The van der Waals surface area contributed by atoms with Gasteiger partial charge in [0.15, 0.2) is 5.78 Å². The minimum absolute atomic E-state index is 0.00684. The highest BCUT2D eigenvalue weighted by Crippen LogP contribution is 2.52. The Hall–Kier alpha value is -3.52. The molecule has 4 rings (SSSR count). The van der Waals surface area contributed by atoms with Crippen molar-refractivity contribution in [2.45, 2.75) is 19.3 Å². The number of fused-ring (bicyclic) bond motifs is 1. The van der Waals surface area contributed by atoms with Crippen LogP contribution in [0.5, 0.6) is 0 Å². The number of aromatic nitrogens is 1. The minimum atomic E-state index is -1.19. The minimum Gasteiger partial charge on any atom is -0.307 e. The number of rotatable bonds is 2. The summed E-state index contributed by atoms with van der Waals surface area (Å²) in [6, 6.07) is 13.0. The van der Waals surface area contributed by atoms with Crippen LogP contribution in [0.2, 0.25) is 0 Å². The van der Waals surface area contributed by atoms with E-state index in [-0.39, 0.29) is 17.4 Å². The third-order valence-electron chi connectivity index (χ3n) is 5.62. The number of pyridine rings is 1. The van der Waals surface area contributed by atoms with Crippen LogP contribution in [0.25, 0.3) is 4.85 Å². The van der Waals surface area contributed by atoms with Crippen molar-refractivity contribution < 1.29 is 9.59 Å². The van der Waals surface area contributed by atoms with Crippen LogP contribution in [0.4, 0.5) is 5.69 Å². The van der Waals surface area contributed by atoms with Crippen molar-refractivity contribution in [1.82, 2.24) is 4.98 Å². The first-order chi connectivity index (χ1) is 13.4. The number of carbonyl (C=O) groups is 2. The van der Waals surface area contributed by atoms with Crippen molar-refractivity contribution in [3.05, 3.63) is 95.3 Å². The number of hydrogen-bond acceptors (Lipinski definition) is 3. The lowest BCUT2D eigenvalue weighted by atomic mass is 9.57. The van der Waals surface area contributed by atoms with E-state index in [9.17, 15) is 9.59 Å². The normalized spacial score (nSPS) is 23.4. The summed E-state index contributed by atoms with van der Waals surface area (Å²) < 4.78 is 0. The third-order valence-corrected chi connectivity index (χ3v) is 5.62. The molecule has 1 atom stereocenters. The van der Waals surface area contributed by atoms with E-state index in [2.05, 4.69) is 9.83 Å². The number of nitrogens with zero attached hydrogens (tertiary/aromatic N) is 3. The standard InChI is InChI=1S/C23H19N3O2/c1-22(2)19-11-13-26(17-10-7-12-25-15-17)21(28)23(19,14-18(24-3)20(22)27)16-8-5-4-6-9-16/h4-12,14-15H,13H2,1-2H3/t23-/m0/s1. The highest BCUT2D eigenvalue weighted by Gasteiger charge is 2.56. The molecule has 138 valence electrons. The summed E-state index contributed by atoms with van der Waals surface area (Å²) in [5.41, 5.74) is 0.0432. The second-order valence-corrected chi connectivity index (χ2v) is 7.51. The van der Waals surface area contributed by atoms with E-state index in [0.29, 0.717) is 12.2 Å². The van der Waals surface area contributed by atoms with E-state index in [4.69, 9.17) is 6.57 Å². The van der Waals surface area contributed by atoms with Crippen LogP contribution in [0.3, 0.4) is 0 Å². The fourth-order valence-electron chi connectivity index (χ4n) is 4.24. The molecule has 2 aliphatic rings. The molecule has 1 amide bonds. The van der Waals surface area contributed by atoms with Crippen molar-refractivity contribution in [1.29, 1.82) is 0 Å². The summed E-state index contributed by atoms with van der Waals surface area (Å²) >= 11 is 0. The molecule has 1 aromatic carbocycles. The number of carbonyl (C=O) groups excluding carboxylic acids is 2.